The van der Waals surface area contributed by atoms with Gasteiger partial charge in [0.2, 0.25) is 0 Å². The van der Waals surface area contributed by atoms with Gasteiger partial charge in [-0.05, 0) is 35.8 Å². The minimum absolute atomic E-state index is 0. The first-order valence-corrected chi connectivity index (χ1v) is 10.3. The van der Waals surface area contributed by atoms with E-state index in [0.29, 0.717) is 11.5 Å². The fourth-order valence-corrected chi connectivity index (χ4v) is 4.06. The van der Waals surface area contributed by atoms with Gasteiger partial charge in [0, 0.05) is 33.5 Å². The largest absolute Gasteiger partial charge is 0.372 e. The van der Waals surface area contributed by atoms with Crippen LogP contribution in [-0.4, -0.2) is 28.0 Å². The van der Waals surface area contributed by atoms with Gasteiger partial charge in [0.1, 0.15) is 5.82 Å². The molecule has 0 saturated heterocycles. The van der Waals surface area contributed by atoms with Crippen LogP contribution in [-0.2, 0) is 18.4 Å². The van der Waals surface area contributed by atoms with E-state index in [2.05, 4.69) is 73.0 Å². The van der Waals surface area contributed by atoms with Crippen molar-refractivity contribution in [1.82, 2.24) is 14.5 Å². The van der Waals surface area contributed by atoms with E-state index in [1.54, 1.807) is 0 Å². The van der Waals surface area contributed by atoms with E-state index in [4.69, 9.17) is 0 Å². The van der Waals surface area contributed by atoms with E-state index in [1.807, 2.05) is 14.0 Å². The number of aromatic nitrogens is 2. The number of hydrogen-bond acceptors (Lipinski definition) is 3. The Bertz CT molecular complexity index is 946. The van der Waals surface area contributed by atoms with Gasteiger partial charge in [0.05, 0.1) is 11.4 Å². The molecule has 2 aromatic rings. The number of rotatable bonds is 5. The molecular weight excluding hydrogens is 346 g/mol. The lowest BCUT2D eigenvalue weighted by Gasteiger charge is -2.35. The molecule has 1 aliphatic heterocycles. The molecule has 2 heterocycles. The van der Waals surface area contributed by atoms with E-state index in [-0.39, 0.29) is 12.4 Å². The maximum atomic E-state index is 12.6. The van der Waals surface area contributed by atoms with Crippen LogP contribution in [0.5, 0.6) is 0 Å². The van der Waals surface area contributed by atoms with Gasteiger partial charge in [-0.25, -0.2) is 0 Å². The molecule has 0 fully saturated rings. The van der Waals surface area contributed by atoms with Crippen LogP contribution in [0.4, 0.5) is 0 Å². The van der Waals surface area contributed by atoms with Crippen molar-refractivity contribution in [3.8, 4) is 0 Å². The predicted octanol–water partition coefficient (Wildman–Crippen LogP) is 4.75. The van der Waals surface area contributed by atoms with Crippen molar-refractivity contribution < 1.29 is 1.43 Å². The van der Waals surface area contributed by atoms with E-state index in [1.165, 1.54) is 11.1 Å². The molecular formula is C24H35N3O. The monoisotopic (exact) mass is 381 g/mol. The molecule has 1 unspecified atom stereocenters. The third-order valence-corrected chi connectivity index (χ3v) is 6.48. The first-order valence-electron chi connectivity index (χ1n) is 10.3. The van der Waals surface area contributed by atoms with E-state index in [0.717, 1.165) is 43.1 Å². The van der Waals surface area contributed by atoms with Crippen LogP contribution in [0.1, 0.15) is 69.7 Å². The van der Waals surface area contributed by atoms with Gasteiger partial charge in [-0.2, -0.15) is 4.98 Å². The van der Waals surface area contributed by atoms with Crippen LogP contribution in [0.25, 0.3) is 5.70 Å². The average molecular weight is 382 g/mol. The smallest absolute Gasteiger partial charge is 0.276 e. The lowest BCUT2D eigenvalue weighted by molar-refractivity contribution is 0.376. The predicted molar refractivity (Wildman–Crippen MR) is 119 cm³/mol. The van der Waals surface area contributed by atoms with Gasteiger partial charge < -0.3 is 9.47 Å². The molecule has 28 heavy (non-hydrogen) atoms. The van der Waals surface area contributed by atoms with Crippen molar-refractivity contribution >= 4 is 5.70 Å². The summed E-state index contributed by atoms with van der Waals surface area (Å²) in [6.07, 6.45) is 1.72. The van der Waals surface area contributed by atoms with Crippen LogP contribution < -0.4 is 5.56 Å². The third-order valence-electron chi connectivity index (χ3n) is 6.48. The minimum Gasteiger partial charge on any atom is -0.372 e. The summed E-state index contributed by atoms with van der Waals surface area (Å²) in [5.74, 6) is 1.39. The van der Waals surface area contributed by atoms with Gasteiger partial charge in [0.15, 0.2) is 0 Å². The van der Waals surface area contributed by atoms with Crippen LogP contribution in [0.15, 0.2) is 35.6 Å². The van der Waals surface area contributed by atoms with Crippen molar-refractivity contribution in [2.24, 2.45) is 0 Å². The SMILES string of the molecule is C=C1c2c(C)c(=O)nc(CC(C)(CC)c3ccc(C(C)C)cc3)n2CCN1C.[HH]. The molecule has 0 amide bonds. The summed E-state index contributed by atoms with van der Waals surface area (Å²) in [5.41, 5.74) is 4.99. The number of hydrogen-bond donors (Lipinski definition) is 0. The van der Waals surface area contributed by atoms with Crippen LogP contribution in [0.3, 0.4) is 0 Å². The highest BCUT2D eigenvalue weighted by atomic mass is 16.1. The lowest BCUT2D eigenvalue weighted by Crippen LogP contribution is -2.37. The second-order valence-corrected chi connectivity index (χ2v) is 8.69. The van der Waals surface area contributed by atoms with E-state index in [9.17, 15) is 4.79 Å². The van der Waals surface area contributed by atoms with E-state index < -0.39 is 0 Å². The van der Waals surface area contributed by atoms with Crippen LogP contribution in [0, 0.1) is 6.92 Å². The maximum absolute atomic E-state index is 12.6. The summed E-state index contributed by atoms with van der Waals surface area (Å²) < 4.78 is 2.22. The van der Waals surface area contributed by atoms with Gasteiger partial charge >= 0.3 is 0 Å². The number of nitrogens with zero attached hydrogens (tertiary/aromatic N) is 3. The van der Waals surface area contributed by atoms with Gasteiger partial charge in [-0.15, -0.1) is 0 Å². The quantitative estimate of drug-likeness (QED) is 0.750. The lowest BCUT2D eigenvalue weighted by atomic mass is 9.76. The number of fused-ring (bicyclic) bond motifs is 1. The normalized spacial score (nSPS) is 16.2. The first kappa shape index (κ1) is 20.4. The van der Waals surface area contributed by atoms with Crippen molar-refractivity contribution in [3.63, 3.8) is 0 Å². The number of benzene rings is 1. The molecule has 1 aromatic heterocycles. The Kier molecular flexibility index (Phi) is 5.51. The summed E-state index contributed by atoms with van der Waals surface area (Å²) in [7, 11) is 2.03. The van der Waals surface area contributed by atoms with Gasteiger partial charge in [0.25, 0.3) is 5.56 Å². The Balaban J connectivity index is 0.00000300. The molecule has 0 aliphatic carbocycles. The Morgan fingerprint density at radius 2 is 1.89 bits per heavy atom. The minimum atomic E-state index is -0.133. The zero-order chi connectivity index (χ0) is 20.6. The van der Waals surface area contributed by atoms with Crippen molar-refractivity contribution in [2.75, 3.05) is 13.6 Å². The molecule has 1 aromatic carbocycles. The fourth-order valence-electron chi connectivity index (χ4n) is 4.06. The van der Waals surface area contributed by atoms with Crippen LogP contribution >= 0.6 is 0 Å². The molecule has 4 nitrogen and oxygen atoms in total. The highest BCUT2D eigenvalue weighted by Gasteiger charge is 2.30. The summed E-state index contributed by atoms with van der Waals surface area (Å²) in [5, 5.41) is 0. The second-order valence-electron chi connectivity index (χ2n) is 8.69. The highest BCUT2D eigenvalue weighted by molar-refractivity contribution is 5.62. The standard InChI is InChI=1S/C24H33N3O.H2/c1-8-24(6,20-11-9-19(10-12-20)16(2)3)15-21-25-23(28)17(4)22-18(5)26(7)13-14-27(21)22;/h9-12,16H,5,8,13-15H2,1-4,6-7H3;1H. The maximum Gasteiger partial charge on any atom is 0.276 e. The van der Waals surface area contributed by atoms with Gasteiger partial charge in [-0.3, -0.25) is 4.79 Å². The van der Waals surface area contributed by atoms with Crippen molar-refractivity contribution in [3.05, 3.63) is 69.4 Å². The van der Waals surface area contributed by atoms with Crippen LogP contribution in [0.2, 0.25) is 0 Å². The first-order chi connectivity index (χ1) is 13.2. The molecule has 0 spiro atoms. The van der Waals surface area contributed by atoms with Gasteiger partial charge in [-0.1, -0.05) is 58.5 Å². The highest BCUT2D eigenvalue weighted by Crippen LogP contribution is 2.33. The molecule has 1 aliphatic rings. The number of likely N-dealkylation sites (N-methyl/N-ethyl adjacent to an activating group) is 1. The molecule has 0 saturated carbocycles. The zero-order valence-corrected chi connectivity index (χ0v) is 18.2. The van der Waals surface area contributed by atoms with Crippen molar-refractivity contribution in [2.45, 2.75) is 65.3 Å². The Hall–Kier alpha value is -2.36. The summed E-state index contributed by atoms with van der Waals surface area (Å²) in [6, 6.07) is 8.95. The molecule has 0 N–H and O–H groups in total. The van der Waals surface area contributed by atoms with E-state index >= 15 is 0 Å². The average Bonchev–Trinajstić information content (AvgIpc) is 2.68. The molecule has 0 bridgehead atoms. The molecule has 3 rings (SSSR count). The third kappa shape index (κ3) is 3.52. The molecule has 4 heteroatoms. The summed E-state index contributed by atoms with van der Waals surface area (Å²) >= 11 is 0. The fraction of sp³-hybridized carbons (Fsp3) is 0.500. The molecule has 1 atom stereocenters. The Morgan fingerprint density at radius 1 is 1.25 bits per heavy atom. The second kappa shape index (κ2) is 7.57. The molecule has 0 radical (unpaired) electrons. The summed E-state index contributed by atoms with van der Waals surface area (Å²) in [4.78, 5) is 19.2. The zero-order valence-electron chi connectivity index (χ0n) is 18.2. The topological polar surface area (TPSA) is 38.1 Å². The Labute approximate surface area is 170 Å². The summed E-state index contributed by atoms with van der Waals surface area (Å²) in [6.45, 7) is 16.7. The molecule has 152 valence electrons. The Morgan fingerprint density at radius 3 is 2.46 bits per heavy atom. The van der Waals surface area contributed by atoms with Crippen molar-refractivity contribution in [1.29, 1.82) is 0 Å².